The highest BCUT2D eigenvalue weighted by Crippen LogP contribution is 2.18. The fraction of sp³-hybridized carbons (Fsp3) is 0.176. The van der Waals surface area contributed by atoms with Crippen LogP contribution in [0.2, 0.25) is 0 Å². The Morgan fingerprint density at radius 3 is 2.23 bits per heavy atom. The molecule has 1 fully saturated rings. The number of para-hydroxylation sites is 1. The molecule has 4 nitrogen and oxygen atoms in total. The molecule has 3 rings (SSSR count). The van der Waals surface area contributed by atoms with Gasteiger partial charge in [-0.2, -0.15) is 0 Å². The Labute approximate surface area is 127 Å². The van der Waals surface area contributed by atoms with Crippen LogP contribution in [0.4, 0.5) is 10.1 Å². The van der Waals surface area contributed by atoms with Crippen molar-refractivity contribution in [3.8, 4) is 0 Å². The van der Waals surface area contributed by atoms with Gasteiger partial charge in [0.15, 0.2) is 0 Å². The lowest BCUT2D eigenvalue weighted by molar-refractivity contribution is -0.146. The van der Waals surface area contributed by atoms with Crippen LogP contribution in [0.1, 0.15) is 5.56 Å². The highest BCUT2D eigenvalue weighted by molar-refractivity contribution is 6.40. The molecule has 2 aromatic carbocycles. The van der Waals surface area contributed by atoms with Crippen molar-refractivity contribution in [2.45, 2.75) is 6.54 Å². The van der Waals surface area contributed by atoms with Gasteiger partial charge in [-0.1, -0.05) is 30.3 Å². The minimum atomic E-state index is -0.528. The first kappa shape index (κ1) is 14.3. The molecule has 5 heteroatoms. The molecule has 2 amide bonds. The smallest absolute Gasteiger partial charge is 0.316 e. The summed E-state index contributed by atoms with van der Waals surface area (Å²) in [5.74, 6) is -1.38. The van der Waals surface area contributed by atoms with E-state index in [1.165, 1.54) is 21.9 Å². The van der Waals surface area contributed by atoms with Gasteiger partial charge in [-0.25, -0.2) is 4.39 Å². The second-order valence-corrected chi connectivity index (χ2v) is 5.15. The molecule has 0 bridgehead atoms. The third-order valence-corrected chi connectivity index (χ3v) is 3.66. The molecule has 1 saturated heterocycles. The summed E-state index contributed by atoms with van der Waals surface area (Å²) in [4.78, 5) is 27.5. The van der Waals surface area contributed by atoms with Gasteiger partial charge in [0.2, 0.25) is 0 Å². The zero-order valence-corrected chi connectivity index (χ0v) is 11.9. The number of carbonyl (C=O) groups is 2. The molecular weight excluding hydrogens is 283 g/mol. The van der Waals surface area contributed by atoms with Gasteiger partial charge < -0.3 is 9.80 Å². The average molecular weight is 298 g/mol. The van der Waals surface area contributed by atoms with Gasteiger partial charge in [-0.3, -0.25) is 9.59 Å². The lowest BCUT2D eigenvalue weighted by Crippen LogP contribution is -2.54. The number of piperazine rings is 1. The molecule has 0 aromatic heterocycles. The first-order valence-corrected chi connectivity index (χ1v) is 7.05. The molecule has 0 spiro atoms. The molecule has 2 aromatic rings. The van der Waals surface area contributed by atoms with E-state index in [0.717, 1.165) is 11.3 Å². The largest absolute Gasteiger partial charge is 0.328 e. The zero-order valence-electron chi connectivity index (χ0n) is 11.9. The Kier molecular flexibility index (Phi) is 3.87. The third kappa shape index (κ3) is 2.83. The first-order valence-electron chi connectivity index (χ1n) is 7.05. The predicted molar refractivity (Wildman–Crippen MR) is 80.6 cm³/mol. The molecule has 0 aliphatic carbocycles. The molecule has 1 aliphatic rings. The molecule has 112 valence electrons. The van der Waals surface area contributed by atoms with E-state index in [1.54, 1.807) is 24.3 Å². The molecule has 0 atom stereocenters. The Morgan fingerprint density at radius 1 is 0.864 bits per heavy atom. The number of carbonyl (C=O) groups excluding carboxylic acids is 2. The monoisotopic (exact) mass is 298 g/mol. The topological polar surface area (TPSA) is 40.6 Å². The van der Waals surface area contributed by atoms with E-state index >= 15 is 0 Å². The standard InChI is InChI=1S/C17H15FN2O2/c18-14-8-6-13(7-9-14)12-19-10-11-20(17(22)16(19)21)15-4-2-1-3-5-15/h1-9H,10-12H2. The van der Waals surface area contributed by atoms with Crippen LogP contribution >= 0.6 is 0 Å². The normalized spacial score (nSPS) is 15.3. The van der Waals surface area contributed by atoms with Crippen molar-refractivity contribution in [3.05, 3.63) is 66.0 Å². The van der Waals surface area contributed by atoms with E-state index < -0.39 is 11.8 Å². The number of amides is 2. The van der Waals surface area contributed by atoms with Crippen molar-refractivity contribution >= 4 is 17.5 Å². The number of benzene rings is 2. The zero-order chi connectivity index (χ0) is 15.5. The fourth-order valence-electron chi connectivity index (χ4n) is 2.49. The van der Waals surface area contributed by atoms with Crippen molar-refractivity contribution in [2.75, 3.05) is 18.0 Å². The van der Waals surface area contributed by atoms with E-state index in [9.17, 15) is 14.0 Å². The van der Waals surface area contributed by atoms with Crippen molar-refractivity contribution < 1.29 is 14.0 Å². The van der Waals surface area contributed by atoms with E-state index in [1.807, 2.05) is 18.2 Å². The molecule has 22 heavy (non-hydrogen) atoms. The second-order valence-electron chi connectivity index (χ2n) is 5.15. The van der Waals surface area contributed by atoms with Crippen LogP contribution in [-0.4, -0.2) is 29.8 Å². The number of nitrogens with zero attached hydrogens (tertiary/aromatic N) is 2. The molecular formula is C17H15FN2O2. The van der Waals surface area contributed by atoms with Crippen molar-refractivity contribution in [1.82, 2.24) is 4.90 Å². The van der Waals surface area contributed by atoms with Gasteiger partial charge >= 0.3 is 11.8 Å². The maximum Gasteiger partial charge on any atom is 0.316 e. The second kappa shape index (κ2) is 5.97. The number of hydrogen-bond acceptors (Lipinski definition) is 2. The van der Waals surface area contributed by atoms with Crippen LogP contribution in [0, 0.1) is 5.82 Å². The molecule has 1 aliphatic heterocycles. The van der Waals surface area contributed by atoms with Crippen LogP contribution in [0.3, 0.4) is 0 Å². The number of halogens is 1. The minimum absolute atomic E-state index is 0.313. The fourth-order valence-corrected chi connectivity index (χ4v) is 2.49. The Balaban J connectivity index is 1.72. The van der Waals surface area contributed by atoms with Crippen molar-refractivity contribution in [3.63, 3.8) is 0 Å². The lowest BCUT2D eigenvalue weighted by atomic mass is 10.1. The van der Waals surface area contributed by atoms with Crippen LogP contribution in [-0.2, 0) is 16.1 Å². The average Bonchev–Trinajstić information content (AvgIpc) is 2.55. The van der Waals surface area contributed by atoms with Gasteiger partial charge in [0, 0.05) is 25.3 Å². The maximum absolute atomic E-state index is 12.9. The SMILES string of the molecule is O=C1C(=O)N(c2ccccc2)CCN1Cc1ccc(F)cc1. The third-order valence-electron chi connectivity index (χ3n) is 3.66. The predicted octanol–water partition coefficient (Wildman–Crippen LogP) is 2.20. The first-order chi connectivity index (χ1) is 10.6. The molecule has 0 saturated carbocycles. The quantitative estimate of drug-likeness (QED) is 0.815. The minimum Gasteiger partial charge on any atom is -0.328 e. The summed E-state index contributed by atoms with van der Waals surface area (Å²) in [5, 5.41) is 0. The summed E-state index contributed by atoms with van der Waals surface area (Å²) in [6.45, 7) is 1.22. The highest BCUT2D eigenvalue weighted by Gasteiger charge is 2.33. The van der Waals surface area contributed by atoms with Crippen molar-refractivity contribution in [1.29, 1.82) is 0 Å². The molecule has 0 N–H and O–H groups in total. The van der Waals surface area contributed by atoms with Gasteiger partial charge in [-0.05, 0) is 29.8 Å². The highest BCUT2D eigenvalue weighted by atomic mass is 19.1. The molecule has 1 heterocycles. The summed E-state index contributed by atoms with van der Waals surface area (Å²) >= 11 is 0. The van der Waals surface area contributed by atoms with E-state index in [2.05, 4.69) is 0 Å². The number of rotatable bonds is 3. The van der Waals surface area contributed by atoms with Crippen LogP contribution in [0.25, 0.3) is 0 Å². The van der Waals surface area contributed by atoms with Crippen LogP contribution in [0.5, 0.6) is 0 Å². The van der Waals surface area contributed by atoms with E-state index in [-0.39, 0.29) is 5.82 Å². The summed E-state index contributed by atoms with van der Waals surface area (Å²) in [6, 6.07) is 15.1. The molecule has 0 unspecified atom stereocenters. The molecule has 0 radical (unpaired) electrons. The van der Waals surface area contributed by atoms with Gasteiger partial charge in [-0.15, -0.1) is 0 Å². The summed E-state index contributed by atoms with van der Waals surface area (Å²) in [7, 11) is 0. The van der Waals surface area contributed by atoms with Gasteiger partial charge in [0.1, 0.15) is 5.82 Å². The number of anilines is 1. The summed E-state index contributed by atoms with van der Waals surface area (Å²) < 4.78 is 12.9. The maximum atomic E-state index is 12.9. The Morgan fingerprint density at radius 2 is 1.55 bits per heavy atom. The summed E-state index contributed by atoms with van der Waals surface area (Å²) in [6.07, 6.45) is 0. The van der Waals surface area contributed by atoms with Crippen LogP contribution in [0.15, 0.2) is 54.6 Å². The van der Waals surface area contributed by atoms with E-state index in [4.69, 9.17) is 0 Å². The Bertz CT molecular complexity index is 686. The van der Waals surface area contributed by atoms with Crippen LogP contribution < -0.4 is 4.90 Å². The Hall–Kier alpha value is -2.69. The van der Waals surface area contributed by atoms with Gasteiger partial charge in [0.25, 0.3) is 0 Å². The summed E-state index contributed by atoms with van der Waals surface area (Å²) in [5.41, 5.74) is 1.53. The number of hydrogen-bond donors (Lipinski definition) is 0. The van der Waals surface area contributed by atoms with Crippen molar-refractivity contribution in [2.24, 2.45) is 0 Å². The lowest BCUT2D eigenvalue weighted by Gasteiger charge is -2.33. The van der Waals surface area contributed by atoms with Gasteiger partial charge in [0.05, 0.1) is 0 Å². The van der Waals surface area contributed by atoms with E-state index in [0.29, 0.717) is 19.6 Å².